The third-order valence-electron chi connectivity index (χ3n) is 1.56. The van der Waals surface area contributed by atoms with Crippen LogP contribution in [0.25, 0.3) is 0 Å². The zero-order valence-corrected chi connectivity index (χ0v) is 7.93. The number of alkyl halides is 3. The monoisotopic (exact) mass is 239 g/mol. The maximum absolute atomic E-state index is 12.1. The first-order valence-electron chi connectivity index (χ1n) is 3.74. The molecule has 0 radical (unpaired) electrons. The first-order chi connectivity index (χ1) is 6.80. The molecule has 82 valence electrons. The lowest BCUT2D eigenvalue weighted by atomic mass is 10.2. The van der Waals surface area contributed by atoms with E-state index in [2.05, 4.69) is 4.98 Å². The van der Waals surface area contributed by atoms with E-state index in [1.165, 1.54) is 0 Å². The van der Waals surface area contributed by atoms with Gasteiger partial charge in [-0.25, -0.2) is 0 Å². The molecule has 0 saturated heterocycles. The zero-order chi connectivity index (χ0) is 11.6. The number of aliphatic carboxylic acids is 1. The van der Waals surface area contributed by atoms with Crippen molar-refractivity contribution in [3.05, 3.63) is 28.5 Å². The molecular weight excluding hydrogens is 235 g/mol. The van der Waals surface area contributed by atoms with E-state index in [4.69, 9.17) is 16.7 Å². The molecule has 0 saturated carbocycles. The van der Waals surface area contributed by atoms with Crippen LogP contribution in [0, 0.1) is 0 Å². The van der Waals surface area contributed by atoms with Gasteiger partial charge in [-0.3, -0.25) is 9.78 Å². The minimum absolute atomic E-state index is 0.0529. The van der Waals surface area contributed by atoms with Gasteiger partial charge in [0.2, 0.25) is 0 Å². The predicted molar refractivity (Wildman–Crippen MR) is 45.6 cm³/mol. The standard InChI is InChI=1S/C8H5ClF3NO2/c9-5-2-6(8(10,11)12)13-3-4(5)1-7(14)15/h2-3H,1H2,(H,14,15). The van der Waals surface area contributed by atoms with Gasteiger partial charge in [-0.2, -0.15) is 13.2 Å². The number of carboxylic acids is 1. The van der Waals surface area contributed by atoms with Gasteiger partial charge >= 0.3 is 12.1 Å². The van der Waals surface area contributed by atoms with E-state index in [-0.39, 0.29) is 10.6 Å². The van der Waals surface area contributed by atoms with Gasteiger partial charge in [-0.15, -0.1) is 0 Å². The van der Waals surface area contributed by atoms with Gasteiger partial charge in [0.25, 0.3) is 0 Å². The van der Waals surface area contributed by atoms with Crippen molar-refractivity contribution in [3.8, 4) is 0 Å². The minimum atomic E-state index is -4.58. The largest absolute Gasteiger partial charge is 0.481 e. The summed E-state index contributed by atoms with van der Waals surface area (Å²) >= 11 is 5.48. The maximum Gasteiger partial charge on any atom is 0.433 e. The third kappa shape index (κ3) is 3.09. The quantitative estimate of drug-likeness (QED) is 0.862. The van der Waals surface area contributed by atoms with Gasteiger partial charge < -0.3 is 5.11 Å². The molecule has 0 aromatic carbocycles. The Kier molecular flexibility index (Phi) is 3.18. The number of aromatic nitrogens is 1. The average molecular weight is 240 g/mol. The topological polar surface area (TPSA) is 50.2 Å². The van der Waals surface area contributed by atoms with Gasteiger partial charge in [0, 0.05) is 16.8 Å². The third-order valence-corrected chi connectivity index (χ3v) is 1.91. The Morgan fingerprint density at radius 2 is 2.13 bits per heavy atom. The molecule has 0 bridgehead atoms. The fourth-order valence-corrected chi connectivity index (χ4v) is 1.13. The molecular formula is C8H5ClF3NO2. The molecule has 1 aromatic rings. The molecule has 1 rings (SSSR count). The smallest absolute Gasteiger partial charge is 0.433 e. The van der Waals surface area contributed by atoms with E-state index in [1.807, 2.05) is 0 Å². The first-order valence-corrected chi connectivity index (χ1v) is 4.12. The SMILES string of the molecule is O=C(O)Cc1cnc(C(F)(F)F)cc1Cl. The minimum Gasteiger partial charge on any atom is -0.481 e. The van der Waals surface area contributed by atoms with Gasteiger partial charge in [-0.1, -0.05) is 11.6 Å². The molecule has 0 amide bonds. The van der Waals surface area contributed by atoms with Gasteiger partial charge in [0.05, 0.1) is 6.42 Å². The molecule has 0 unspecified atom stereocenters. The Morgan fingerprint density at radius 3 is 2.53 bits per heavy atom. The van der Waals surface area contributed by atoms with Crippen molar-refractivity contribution >= 4 is 17.6 Å². The number of pyridine rings is 1. The van der Waals surface area contributed by atoms with Gasteiger partial charge in [0.1, 0.15) is 5.69 Å². The van der Waals surface area contributed by atoms with Crippen LogP contribution in [0.4, 0.5) is 13.2 Å². The summed E-state index contributed by atoms with van der Waals surface area (Å²) < 4.78 is 36.4. The van der Waals surface area contributed by atoms with Crippen molar-refractivity contribution in [2.24, 2.45) is 0 Å². The summed E-state index contributed by atoms with van der Waals surface area (Å²) in [5.74, 6) is -1.18. The Hall–Kier alpha value is -1.30. The Balaban J connectivity index is 3.03. The van der Waals surface area contributed by atoms with Crippen molar-refractivity contribution in [3.63, 3.8) is 0 Å². The van der Waals surface area contributed by atoms with Gasteiger partial charge in [0.15, 0.2) is 0 Å². The molecule has 1 N–H and O–H groups in total. The molecule has 0 fully saturated rings. The van der Waals surface area contributed by atoms with Crippen molar-refractivity contribution < 1.29 is 23.1 Å². The lowest BCUT2D eigenvalue weighted by Gasteiger charge is -2.07. The van der Waals surface area contributed by atoms with Crippen LogP contribution in [0.2, 0.25) is 5.02 Å². The van der Waals surface area contributed by atoms with Crippen molar-refractivity contribution in [2.75, 3.05) is 0 Å². The van der Waals surface area contributed by atoms with E-state index in [9.17, 15) is 18.0 Å². The van der Waals surface area contributed by atoms with E-state index < -0.39 is 24.3 Å². The highest BCUT2D eigenvalue weighted by molar-refractivity contribution is 6.31. The van der Waals surface area contributed by atoms with Crippen LogP contribution in [-0.2, 0) is 17.4 Å². The van der Waals surface area contributed by atoms with Crippen LogP contribution in [0.5, 0.6) is 0 Å². The van der Waals surface area contributed by atoms with Crippen LogP contribution in [0.1, 0.15) is 11.3 Å². The molecule has 0 atom stereocenters. The van der Waals surface area contributed by atoms with E-state index in [1.54, 1.807) is 0 Å². The number of rotatable bonds is 2. The van der Waals surface area contributed by atoms with Crippen molar-refractivity contribution in [1.29, 1.82) is 0 Å². The van der Waals surface area contributed by atoms with E-state index >= 15 is 0 Å². The van der Waals surface area contributed by atoms with Crippen LogP contribution >= 0.6 is 11.6 Å². The zero-order valence-electron chi connectivity index (χ0n) is 7.18. The maximum atomic E-state index is 12.1. The second-order valence-electron chi connectivity index (χ2n) is 2.73. The fraction of sp³-hybridized carbons (Fsp3) is 0.250. The molecule has 7 heteroatoms. The number of hydrogen-bond acceptors (Lipinski definition) is 2. The van der Waals surface area contributed by atoms with Crippen molar-refractivity contribution in [2.45, 2.75) is 12.6 Å². The summed E-state index contributed by atoms with van der Waals surface area (Å²) in [6.07, 6.45) is -4.21. The summed E-state index contributed by atoms with van der Waals surface area (Å²) in [4.78, 5) is 13.4. The summed E-state index contributed by atoms with van der Waals surface area (Å²) in [6.45, 7) is 0. The Morgan fingerprint density at radius 1 is 1.53 bits per heavy atom. The second kappa shape index (κ2) is 4.06. The average Bonchev–Trinajstić information content (AvgIpc) is 2.05. The summed E-state index contributed by atoms with van der Waals surface area (Å²) in [5.41, 5.74) is -1.08. The number of carbonyl (C=O) groups is 1. The molecule has 1 aromatic heterocycles. The summed E-state index contributed by atoms with van der Waals surface area (Å²) in [5, 5.41) is 8.16. The second-order valence-corrected chi connectivity index (χ2v) is 3.14. The van der Waals surface area contributed by atoms with Crippen LogP contribution < -0.4 is 0 Å². The van der Waals surface area contributed by atoms with Crippen LogP contribution in [0.3, 0.4) is 0 Å². The number of hydrogen-bond donors (Lipinski definition) is 1. The molecule has 15 heavy (non-hydrogen) atoms. The fourth-order valence-electron chi connectivity index (χ4n) is 0.907. The highest BCUT2D eigenvalue weighted by atomic mass is 35.5. The molecule has 0 aliphatic rings. The Bertz CT molecular complexity index is 392. The van der Waals surface area contributed by atoms with Crippen LogP contribution in [-0.4, -0.2) is 16.1 Å². The lowest BCUT2D eigenvalue weighted by molar-refractivity contribution is -0.141. The highest BCUT2D eigenvalue weighted by Crippen LogP contribution is 2.30. The molecule has 0 aliphatic carbocycles. The normalized spacial score (nSPS) is 11.5. The number of nitrogens with zero attached hydrogens (tertiary/aromatic N) is 1. The van der Waals surface area contributed by atoms with E-state index in [0.717, 1.165) is 6.20 Å². The number of halogens is 4. The summed E-state index contributed by atoms with van der Waals surface area (Å²) in [6, 6.07) is 0.611. The molecule has 0 aliphatic heterocycles. The highest BCUT2D eigenvalue weighted by Gasteiger charge is 2.32. The van der Waals surface area contributed by atoms with Gasteiger partial charge in [-0.05, 0) is 6.07 Å². The van der Waals surface area contributed by atoms with E-state index in [0.29, 0.717) is 6.07 Å². The first kappa shape index (κ1) is 11.8. The number of carboxylic acid groups (broad SMARTS) is 1. The molecule has 0 spiro atoms. The van der Waals surface area contributed by atoms with Crippen molar-refractivity contribution in [1.82, 2.24) is 4.98 Å². The molecule has 1 heterocycles. The molecule has 3 nitrogen and oxygen atoms in total. The van der Waals surface area contributed by atoms with Crippen LogP contribution in [0.15, 0.2) is 12.3 Å². The predicted octanol–water partition coefficient (Wildman–Crippen LogP) is 2.38. The lowest BCUT2D eigenvalue weighted by Crippen LogP contribution is -2.09. The Labute approximate surface area is 87.5 Å². The summed E-state index contributed by atoms with van der Waals surface area (Å²) in [7, 11) is 0.